The predicted molar refractivity (Wildman–Crippen MR) is 66.2 cm³/mol. The first-order valence-electron chi connectivity index (χ1n) is 5.66. The van der Waals surface area contributed by atoms with Crippen molar-refractivity contribution in [3.63, 3.8) is 0 Å². The molecule has 0 fully saturated rings. The molecule has 0 heterocycles. The van der Waals surface area contributed by atoms with Gasteiger partial charge in [0.15, 0.2) is 6.10 Å². The van der Waals surface area contributed by atoms with Crippen molar-refractivity contribution in [2.75, 3.05) is 6.54 Å². The number of benzene rings is 1. The highest BCUT2D eigenvalue weighted by Gasteiger charge is 2.22. The smallest absolute Gasteiger partial charge is 0.332 e. The van der Waals surface area contributed by atoms with Crippen molar-refractivity contribution in [2.24, 2.45) is 5.11 Å². The zero-order valence-electron chi connectivity index (χ0n) is 10.1. The van der Waals surface area contributed by atoms with Crippen LogP contribution in [0.4, 0.5) is 4.39 Å². The van der Waals surface area contributed by atoms with Gasteiger partial charge >= 0.3 is 5.97 Å². The topological polar surface area (TPSA) is 95.3 Å². The van der Waals surface area contributed by atoms with E-state index in [4.69, 9.17) is 15.4 Å². The molecule has 19 heavy (non-hydrogen) atoms. The molecular formula is C12H14FN3O3. The van der Waals surface area contributed by atoms with Crippen molar-refractivity contribution < 1.29 is 19.0 Å². The number of carbonyl (C=O) groups is 1. The average Bonchev–Trinajstić information content (AvgIpc) is 2.42. The van der Waals surface area contributed by atoms with E-state index in [-0.39, 0.29) is 13.0 Å². The normalized spacial score (nSPS) is 13.3. The lowest BCUT2D eigenvalue weighted by molar-refractivity contribution is -0.152. The molecule has 0 spiro atoms. The number of rotatable bonds is 8. The summed E-state index contributed by atoms with van der Waals surface area (Å²) in [6.07, 6.45) is -3.14. The number of azide groups is 1. The fraction of sp³-hybridized carbons (Fsp3) is 0.417. The fourth-order valence-corrected chi connectivity index (χ4v) is 1.44. The van der Waals surface area contributed by atoms with Crippen LogP contribution in [-0.4, -0.2) is 29.9 Å². The second-order valence-electron chi connectivity index (χ2n) is 3.87. The summed E-state index contributed by atoms with van der Waals surface area (Å²) in [5.41, 5.74) is 8.86. The molecule has 0 radical (unpaired) electrons. The monoisotopic (exact) mass is 267 g/mol. The van der Waals surface area contributed by atoms with Gasteiger partial charge in [0.05, 0.1) is 13.2 Å². The quantitative estimate of drug-likeness (QED) is 0.445. The van der Waals surface area contributed by atoms with Gasteiger partial charge in [-0.3, -0.25) is 0 Å². The third-order valence-corrected chi connectivity index (χ3v) is 2.38. The van der Waals surface area contributed by atoms with E-state index in [1.165, 1.54) is 0 Å². The standard InChI is InChI=1S/C12H14FN3O3/c13-10(7-15-16-14)6-11(12(17)18)19-8-9-4-2-1-3-5-9/h1-5,10-11H,6-8H2,(H,17,18)/t10-,11-/m0/s1. The third kappa shape index (κ3) is 5.85. The molecule has 0 aromatic heterocycles. The molecule has 0 aliphatic heterocycles. The summed E-state index contributed by atoms with van der Waals surface area (Å²) in [5, 5.41) is 12.0. The largest absolute Gasteiger partial charge is 0.479 e. The van der Waals surface area contributed by atoms with Gasteiger partial charge in [0.1, 0.15) is 6.17 Å². The number of hydrogen-bond donors (Lipinski definition) is 1. The second-order valence-corrected chi connectivity index (χ2v) is 3.87. The Bertz CT molecular complexity index is 449. The van der Waals surface area contributed by atoms with Crippen LogP contribution >= 0.6 is 0 Å². The predicted octanol–water partition coefficient (Wildman–Crippen LogP) is 2.69. The van der Waals surface area contributed by atoms with Gasteiger partial charge in [0.2, 0.25) is 0 Å². The molecular weight excluding hydrogens is 253 g/mol. The maximum absolute atomic E-state index is 13.3. The average molecular weight is 267 g/mol. The van der Waals surface area contributed by atoms with E-state index in [9.17, 15) is 9.18 Å². The molecule has 0 saturated carbocycles. The number of nitrogens with zero attached hydrogens (tertiary/aromatic N) is 3. The summed E-state index contributed by atoms with van der Waals surface area (Å²) in [7, 11) is 0. The Morgan fingerprint density at radius 2 is 2.16 bits per heavy atom. The van der Waals surface area contributed by atoms with Crippen LogP contribution in [0.25, 0.3) is 10.4 Å². The van der Waals surface area contributed by atoms with Crippen LogP contribution in [0, 0.1) is 0 Å². The molecule has 0 bridgehead atoms. The van der Waals surface area contributed by atoms with Gasteiger partial charge in [0.25, 0.3) is 0 Å². The second kappa shape index (κ2) is 8.07. The molecule has 0 unspecified atom stereocenters. The molecule has 0 saturated heterocycles. The molecule has 102 valence electrons. The van der Waals surface area contributed by atoms with E-state index in [2.05, 4.69) is 10.0 Å². The minimum Gasteiger partial charge on any atom is -0.479 e. The minimum atomic E-state index is -1.53. The Labute approximate surface area is 109 Å². The zero-order chi connectivity index (χ0) is 14.1. The molecule has 2 atom stereocenters. The molecule has 1 aromatic carbocycles. The van der Waals surface area contributed by atoms with Crippen LogP contribution < -0.4 is 0 Å². The van der Waals surface area contributed by atoms with Crippen LogP contribution in [0.5, 0.6) is 0 Å². The van der Waals surface area contributed by atoms with Crippen LogP contribution in [0.15, 0.2) is 35.4 Å². The van der Waals surface area contributed by atoms with E-state index in [1.54, 1.807) is 24.3 Å². The van der Waals surface area contributed by atoms with Crippen molar-refractivity contribution >= 4 is 5.97 Å². The summed E-state index contributed by atoms with van der Waals surface area (Å²) in [6.45, 7) is -0.305. The lowest BCUT2D eigenvalue weighted by Crippen LogP contribution is -2.28. The van der Waals surface area contributed by atoms with Crippen LogP contribution in [0.3, 0.4) is 0 Å². The van der Waals surface area contributed by atoms with Crippen LogP contribution in [0.2, 0.25) is 0 Å². The Morgan fingerprint density at radius 1 is 1.47 bits per heavy atom. The summed E-state index contributed by atoms with van der Waals surface area (Å²) >= 11 is 0. The summed E-state index contributed by atoms with van der Waals surface area (Å²) in [4.78, 5) is 13.4. The Hall–Kier alpha value is -2.11. The molecule has 0 amide bonds. The highest BCUT2D eigenvalue weighted by molar-refractivity contribution is 5.72. The van der Waals surface area contributed by atoms with E-state index in [0.29, 0.717) is 0 Å². The number of alkyl halides is 1. The fourth-order valence-electron chi connectivity index (χ4n) is 1.44. The minimum absolute atomic E-state index is 0.0893. The van der Waals surface area contributed by atoms with Crippen molar-refractivity contribution in [3.05, 3.63) is 46.3 Å². The van der Waals surface area contributed by atoms with Crippen molar-refractivity contribution in [1.29, 1.82) is 0 Å². The first-order chi connectivity index (χ1) is 9.13. The molecule has 1 N–H and O–H groups in total. The third-order valence-electron chi connectivity index (χ3n) is 2.38. The van der Waals surface area contributed by atoms with E-state index in [1.807, 2.05) is 6.07 Å². The number of carboxylic acids is 1. The van der Waals surface area contributed by atoms with Crippen molar-refractivity contribution in [2.45, 2.75) is 25.3 Å². The van der Waals surface area contributed by atoms with Gasteiger partial charge in [-0.25, -0.2) is 9.18 Å². The van der Waals surface area contributed by atoms with Crippen LogP contribution in [0.1, 0.15) is 12.0 Å². The van der Waals surface area contributed by atoms with Crippen molar-refractivity contribution in [3.8, 4) is 0 Å². The first-order valence-corrected chi connectivity index (χ1v) is 5.66. The summed E-state index contributed by atoms with van der Waals surface area (Å²) in [6, 6.07) is 9.00. The van der Waals surface area contributed by atoms with E-state index >= 15 is 0 Å². The van der Waals surface area contributed by atoms with Gasteiger partial charge < -0.3 is 9.84 Å². The molecule has 0 aliphatic carbocycles. The summed E-state index contributed by atoms with van der Waals surface area (Å²) < 4.78 is 18.5. The molecule has 0 aliphatic rings. The van der Waals surface area contributed by atoms with Gasteiger partial charge in [0, 0.05) is 11.3 Å². The van der Waals surface area contributed by atoms with Crippen LogP contribution in [-0.2, 0) is 16.1 Å². The lowest BCUT2D eigenvalue weighted by atomic mass is 10.1. The molecule has 7 heteroatoms. The number of aliphatic carboxylic acids is 1. The summed E-state index contributed by atoms with van der Waals surface area (Å²) in [5.74, 6) is -1.24. The van der Waals surface area contributed by atoms with Gasteiger partial charge in [-0.15, -0.1) is 0 Å². The van der Waals surface area contributed by atoms with Gasteiger partial charge in [-0.05, 0) is 11.1 Å². The first kappa shape index (κ1) is 14.9. The highest BCUT2D eigenvalue weighted by atomic mass is 19.1. The van der Waals surface area contributed by atoms with Gasteiger partial charge in [-0.1, -0.05) is 35.4 Å². The van der Waals surface area contributed by atoms with Crippen molar-refractivity contribution in [1.82, 2.24) is 0 Å². The van der Waals surface area contributed by atoms with E-state index in [0.717, 1.165) is 5.56 Å². The highest BCUT2D eigenvalue weighted by Crippen LogP contribution is 2.11. The number of hydrogen-bond acceptors (Lipinski definition) is 3. The Balaban J connectivity index is 2.49. The number of carboxylic acid groups (broad SMARTS) is 1. The SMILES string of the molecule is [N-]=[N+]=NC[C@@H](F)C[C@H](OCc1ccccc1)C(=O)O. The zero-order valence-corrected chi connectivity index (χ0v) is 10.1. The van der Waals surface area contributed by atoms with E-state index < -0.39 is 24.8 Å². The molecule has 1 rings (SSSR count). The Morgan fingerprint density at radius 3 is 2.74 bits per heavy atom. The molecule has 6 nitrogen and oxygen atoms in total. The Kier molecular flexibility index (Phi) is 6.35. The maximum atomic E-state index is 13.3. The lowest BCUT2D eigenvalue weighted by Gasteiger charge is -2.15. The number of ether oxygens (including phenoxy) is 1. The molecule has 1 aromatic rings. The number of halogens is 1. The maximum Gasteiger partial charge on any atom is 0.332 e. The van der Waals surface area contributed by atoms with Gasteiger partial charge in [-0.2, -0.15) is 0 Å².